The van der Waals surface area contributed by atoms with Gasteiger partial charge in [0.2, 0.25) is 0 Å². The molecule has 1 heterocycles. The molecule has 22 heavy (non-hydrogen) atoms. The predicted octanol–water partition coefficient (Wildman–Crippen LogP) is 2.18. The van der Waals surface area contributed by atoms with Gasteiger partial charge in [0.15, 0.2) is 11.5 Å². The fourth-order valence-corrected chi connectivity index (χ4v) is 2.93. The molecule has 0 aromatic heterocycles. The third-order valence-corrected chi connectivity index (χ3v) is 4.12. The summed E-state index contributed by atoms with van der Waals surface area (Å²) in [6.07, 6.45) is 2.78. The third kappa shape index (κ3) is 3.16. The number of nitrogens with zero attached hydrogens (tertiary/aromatic N) is 1. The van der Waals surface area contributed by atoms with Crippen LogP contribution in [-0.2, 0) is 0 Å². The minimum absolute atomic E-state index is 0.00907. The van der Waals surface area contributed by atoms with Gasteiger partial charge in [-0.3, -0.25) is 4.79 Å². The highest BCUT2D eigenvalue weighted by Gasteiger charge is 2.31. The van der Waals surface area contributed by atoms with Crippen LogP contribution in [0.2, 0.25) is 0 Å². The van der Waals surface area contributed by atoms with Crippen LogP contribution >= 0.6 is 0 Å². The van der Waals surface area contributed by atoms with E-state index in [1.54, 1.807) is 4.90 Å². The first-order valence-electron chi connectivity index (χ1n) is 7.47. The lowest BCUT2D eigenvalue weighted by Crippen LogP contribution is -2.51. The molecule has 6 heteroatoms. The quantitative estimate of drug-likeness (QED) is 0.926. The maximum absolute atomic E-state index is 14.3. The molecule has 1 fully saturated rings. The number of halogens is 1. The number of nitrogens with two attached hydrogens (primary N) is 1. The number of likely N-dealkylation sites (tertiary alicyclic amines) is 1. The highest BCUT2D eigenvalue weighted by atomic mass is 19.1. The number of carbonyl (C=O) groups is 1. The van der Waals surface area contributed by atoms with Crippen LogP contribution in [-0.4, -0.2) is 43.7 Å². The molecule has 0 bridgehead atoms. The smallest absolute Gasteiger partial charge is 0.257 e. The molecule has 1 saturated heterocycles. The van der Waals surface area contributed by atoms with Gasteiger partial charge in [-0.2, -0.15) is 0 Å². The van der Waals surface area contributed by atoms with Crippen molar-refractivity contribution < 1.29 is 18.7 Å². The zero-order valence-corrected chi connectivity index (χ0v) is 13.3. The molecule has 2 rings (SSSR count). The largest absolute Gasteiger partial charge is 0.493 e. The standard InChI is InChI=1S/C16H23FN2O3/c1-10(18)13-6-4-5-7-19(13)16(20)11-8-14(21-2)15(22-3)9-12(11)17/h8-10,13H,4-7,18H2,1-3H3/t10-,13-/m1/s1. The highest BCUT2D eigenvalue weighted by molar-refractivity contribution is 5.95. The van der Waals surface area contributed by atoms with E-state index in [1.807, 2.05) is 6.92 Å². The minimum atomic E-state index is -0.614. The first-order valence-corrected chi connectivity index (χ1v) is 7.47. The van der Waals surface area contributed by atoms with Crippen LogP contribution in [0.3, 0.4) is 0 Å². The molecule has 0 unspecified atom stereocenters. The van der Waals surface area contributed by atoms with Gasteiger partial charge in [0.05, 0.1) is 19.8 Å². The maximum Gasteiger partial charge on any atom is 0.257 e. The van der Waals surface area contributed by atoms with Crippen LogP contribution in [0.1, 0.15) is 36.5 Å². The summed E-state index contributed by atoms with van der Waals surface area (Å²) in [7, 11) is 2.88. The van der Waals surface area contributed by atoms with Gasteiger partial charge in [-0.25, -0.2) is 4.39 Å². The summed E-state index contributed by atoms with van der Waals surface area (Å²) < 4.78 is 24.5. The lowest BCUT2D eigenvalue weighted by atomic mass is 9.96. The molecule has 0 radical (unpaired) electrons. The number of ether oxygens (including phenoxy) is 2. The molecule has 1 aliphatic heterocycles. The molecule has 122 valence electrons. The summed E-state index contributed by atoms with van der Waals surface area (Å²) in [5, 5.41) is 0. The van der Waals surface area contributed by atoms with Crippen LogP contribution < -0.4 is 15.2 Å². The van der Waals surface area contributed by atoms with E-state index in [9.17, 15) is 9.18 Å². The average molecular weight is 310 g/mol. The molecule has 2 atom stereocenters. The van der Waals surface area contributed by atoms with Crippen LogP contribution in [0.5, 0.6) is 11.5 Å². The highest BCUT2D eigenvalue weighted by Crippen LogP contribution is 2.31. The summed E-state index contributed by atoms with van der Waals surface area (Å²) in [6.45, 7) is 2.47. The van der Waals surface area contributed by atoms with Crippen LogP contribution in [0.25, 0.3) is 0 Å². The predicted molar refractivity (Wildman–Crippen MR) is 81.8 cm³/mol. The number of carbonyl (C=O) groups excluding carboxylic acids is 1. The number of piperidine rings is 1. The molecule has 0 saturated carbocycles. The summed E-state index contributed by atoms with van der Waals surface area (Å²) in [5.74, 6) is -0.363. The van der Waals surface area contributed by atoms with Crippen molar-refractivity contribution in [2.24, 2.45) is 5.73 Å². The molecule has 1 aromatic rings. The first-order chi connectivity index (χ1) is 10.5. The Morgan fingerprint density at radius 1 is 1.32 bits per heavy atom. The van der Waals surface area contributed by atoms with E-state index >= 15 is 0 Å². The zero-order chi connectivity index (χ0) is 16.3. The van der Waals surface area contributed by atoms with Crippen LogP contribution in [0.15, 0.2) is 12.1 Å². The Balaban J connectivity index is 2.35. The van der Waals surface area contributed by atoms with Gasteiger partial charge in [-0.05, 0) is 32.3 Å². The number of rotatable bonds is 4. The first kappa shape index (κ1) is 16.5. The summed E-state index contributed by atoms with van der Waals surface area (Å²) >= 11 is 0. The van der Waals surface area contributed by atoms with Crippen LogP contribution in [0, 0.1) is 5.82 Å². The van der Waals surface area contributed by atoms with Crippen LogP contribution in [0.4, 0.5) is 4.39 Å². The second-order valence-corrected chi connectivity index (χ2v) is 5.61. The number of amides is 1. The molecular weight excluding hydrogens is 287 g/mol. The van der Waals surface area contributed by atoms with Crippen molar-refractivity contribution in [3.05, 3.63) is 23.5 Å². The topological polar surface area (TPSA) is 64.8 Å². The Bertz CT molecular complexity index is 548. The van der Waals surface area contributed by atoms with Gasteiger partial charge in [0, 0.05) is 24.7 Å². The van der Waals surface area contributed by atoms with Crippen molar-refractivity contribution in [3.63, 3.8) is 0 Å². The van der Waals surface area contributed by atoms with Gasteiger partial charge in [-0.15, -0.1) is 0 Å². The number of methoxy groups -OCH3 is 2. The number of hydrogen-bond donors (Lipinski definition) is 1. The maximum atomic E-state index is 14.3. The fourth-order valence-electron chi connectivity index (χ4n) is 2.93. The Kier molecular flexibility index (Phi) is 5.24. The second kappa shape index (κ2) is 6.96. The normalized spacial score (nSPS) is 19.7. The van der Waals surface area contributed by atoms with Crippen molar-refractivity contribution >= 4 is 5.91 Å². The monoisotopic (exact) mass is 310 g/mol. The Morgan fingerprint density at radius 3 is 2.55 bits per heavy atom. The summed E-state index contributed by atoms with van der Waals surface area (Å²) in [5.41, 5.74) is 5.97. The second-order valence-electron chi connectivity index (χ2n) is 5.61. The lowest BCUT2D eigenvalue weighted by molar-refractivity contribution is 0.0578. The lowest BCUT2D eigenvalue weighted by Gasteiger charge is -2.38. The molecule has 0 spiro atoms. The van der Waals surface area contributed by atoms with Crippen molar-refractivity contribution in [3.8, 4) is 11.5 Å². The van der Waals surface area contributed by atoms with E-state index in [1.165, 1.54) is 26.4 Å². The molecular formula is C16H23FN2O3. The number of hydrogen-bond acceptors (Lipinski definition) is 4. The van der Waals surface area contributed by atoms with Gasteiger partial charge in [0.1, 0.15) is 5.82 Å². The summed E-state index contributed by atoms with van der Waals surface area (Å²) in [4.78, 5) is 14.4. The van der Waals surface area contributed by atoms with E-state index in [2.05, 4.69) is 0 Å². The molecule has 1 aromatic carbocycles. The Morgan fingerprint density at radius 2 is 1.95 bits per heavy atom. The van der Waals surface area contributed by atoms with Crippen molar-refractivity contribution in [2.75, 3.05) is 20.8 Å². The average Bonchev–Trinajstić information content (AvgIpc) is 2.53. The van der Waals surface area contributed by atoms with E-state index in [0.717, 1.165) is 19.3 Å². The fraction of sp³-hybridized carbons (Fsp3) is 0.562. The number of benzene rings is 1. The third-order valence-electron chi connectivity index (χ3n) is 4.12. The molecule has 1 amide bonds. The van der Waals surface area contributed by atoms with Crippen molar-refractivity contribution in [2.45, 2.75) is 38.3 Å². The van der Waals surface area contributed by atoms with E-state index in [4.69, 9.17) is 15.2 Å². The van der Waals surface area contributed by atoms with Gasteiger partial charge < -0.3 is 20.1 Å². The zero-order valence-electron chi connectivity index (χ0n) is 13.3. The SMILES string of the molecule is COc1cc(F)c(C(=O)N2CCCC[C@@H]2[C@@H](C)N)cc1OC. The Hall–Kier alpha value is -1.82. The Labute approximate surface area is 130 Å². The van der Waals surface area contributed by atoms with Crippen molar-refractivity contribution in [1.82, 2.24) is 4.90 Å². The van der Waals surface area contributed by atoms with Gasteiger partial charge in [-0.1, -0.05) is 0 Å². The van der Waals surface area contributed by atoms with Crippen molar-refractivity contribution in [1.29, 1.82) is 0 Å². The van der Waals surface area contributed by atoms with Gasteiger partial charge >= 0.3 is 0 Å². The van der Waals surface area contributed by atoms with E-state index < -0.39 is 5.82 Å². The minimum Gasteiger partial charge on any atom is -0.493 e. The molecule has 5 nitrogen and oxygen atoms in total. The molecule has 1 aliphatic rings. The molecule has 2 N–H and O–H groups in total. The summed E-state index contributed by atoms with van der Waals surface area (Å²) in [6, 6.07) is 2.36. The molecule has 0 aliphatic carbocycles. The van der Waals surface area contributed by atoms with E-state index in [0.29, 0.717) is 12.3 Å². The van der Waals surface area contributed by atoms with E-state index in [-0.39, 0.29) is 29.3 Å². The van der Waals surface area contributed by atoms with Gasteiger partial charge in [0.25, 0.3) is 5.91 Å².